The molecule has 2 aromatic carbocycles. The van der Waals surface area contributed by atoms with Crippen molar-refractivity contribution < 1.29 is 19.4 Å². The summed E-state index contributed by atoms with van der Waals surface area (Å²) < 4.78 is 5.47. The maximum absolute atomic E-state index is 13.2. The molecule has 1 saturated heterocycles. The number of hydrogen-bond donors (Lipinski definition) is 1. The van der Waals surface area contributed by atoms with Crippen LogP contribution in [0, 0.1) is 0 Å². The zero-order chi connectivity index (χ0) is 24.2. The molecule has 0 aliphatic carbocycles. The zero-order valence-electron chi connectivity index (χ0n) is 17.9. The molecule has 8 heteroatoms. The fraction of sp³-hybridized carbons (Fsp3) is 0.115. The number of likely N-dealkylation sites (tertiary alicyclic amines) is 1. The number of rotatable bonds is 7. The summed E-state index contributed by atoms with van der Waals surface area (Å²) >= 11 is 12.6. The molecule has 1 atom stereocenters. The quantitative estimate of drug-likeness (QED) is 0.201. The van der Waals surface area contributed by atoms with E-state index in [1.165, 1.54) is 11.0 Å². The Bertz CT molecular complexity index is 1270. The van der Waals surface area contributed by atoms with Crippen molar-refractivity contribution in [2.45, 2.75) is 12.6 Å². The number of halogens is 2. The van der Waals surface area contributed by atoms with Crippen molar-refractivity contribution in [1.82, 2.24) is 9.88 Å². The highest BCUT2D eigenvalue weighted by Gasteiger charge is 2.46. The molecule has 0 radical (unpaired) electrons. The van der Waals surface area contributed by atoms with Gasteiger partial charge < -0.3 is 14.7 Å². The van der Waals surface area contributed by atoms with Gasteiger partial charge in [-0.15, -0.1) is 0 Å². The number of aromatic nitrogens is 1. The lowest BCUT2D eigenvalue weighted by Gasteiger charge is -2.26. The number of amides is 1. The lowest BCUT2D eigenvalue weighted by atomic mass is 9.95. The van der Waals surface area contributed by atoms with Crippen LogP contribution < -0.4 is 4.74 Å². The molecule has 1 N–H and O–H groups in total. The summed E-state index contributed by atoms with van der Waals surface area (Å²) in [6.07, 6.45) is 4.85. The Balaban J connectivity index is 1.82. The maximum atomic E-state index is 13.2. The van der Waals surface area contributed by atoms with Crippen molar-refractivity contribution in [3.63, 3.8) is 0 Å². The van der Waals surface area contributed by atoms with Crippen LogP contribution in [0.25, 0.3) is 5.76 Å². The molecule has 6 nitrogen and oxygen atoms in total. The third kappa shape index (κ3) is 4.69. The van der Waals surface area contributed by atoms with Crippen LogP contribution in [-0.2, 0) is 16.1 Å². The number of ketones is 1. The lowest BCUT2D eigenvalue weighted by Crippen LogP contribution is -2.29. The largest absolute Gasteiger partial charge is 0.507 e. The number of carbonyl (C=O) groups excluding carboxylic acids is 2. The van der Waals surface area contributed by atoms with E-state index in [0.29, 0.717) is 28.5 Å². The number of aliphatic hydroxyl groups excluding tert-OH is 1. The number of ether oxygens (including phenoxy) is 1. The molecule has 0 spiro atoms. The van der Waals surface area contributed by atoms with Crippen molar-refractivity contribution in [3.8, 4) is 5.75 Å². The number of nitrogens with zero attached hydrogens (tertiary/aromatic N) is 2. The Hall–Kier alpha value is -3.61. The number of Topliss-reactive ketones (excluding diaryl/α,β-unsaturated/α-hetero) is 1. The third-order valence-corrected chi connectivity index (χ3v) is 5.93. The van der Waals surface area contributed by atoms with Crippen molar-refractivity contribution >= 4 is 40.7 Å². The van der Waals surface area contributed by atoms with Crippen molar-refractivity contribution in [2.24, 2.45) is 0 Å². The van der Waals surface area contributed by atoms with Gasteiger partial charge in [0.2, 0.25) is 0 Å². The predicted octanol–water partition coefficient (Wildman–Crippen LogP) is 5.58. The Morgan fingerprint density at radius 1 is 1.15 bits per heavy atom. The molecule has 1 unspecified atom stereocenters. The molecule has 172 valence electrons. The first kappa shape index (κ1) is 23.5. The monoisotopic (exact) mass is 494 g/mol. The fourth-order valence-electron chi connectivity index (χ4n) is 3.80. The molecule has 1 amide bonds. The molecule has 3 aromatic rings. The molecule has 4 rings (SSSR count). The average Bonchev–Trinajstić information content (AvgIpc) is 3.08. The van der Waals surface area contributed by atoms with Gasteiger partial charge in [0.1, 0.15) is 18.1 Å². The molecule has 1 aliphatic heterocycles. The minimum Gasteiger partial charge on any atom is -0.507 e. The number of carbonyl (C=O) groups is 2. The van der Waals surface area contributed by atoms with Crippen LogP contribution >= 0.6 is 23.2 Å². The number of benzene rings is 2. The number of pyridine rings is 1. The second-order valence-corrected chi connectivity index (χ2v) is 8.42. The first-order chi connectivity index (χ1) is 16.4. The van der Waals surface area contributed by atoms with E-state index in [1.54, 1.807) is 67.0 Å². The third-order valence-electron chi connectivity index (χ3n) is 5.37. The van der Waals surface area contributed by atoms with Gasteiger partial charge >= 0.3 is 0 Å². The number of aliphatic hydroxyl groups is 1. The first-order valence-corrected chi connectivity index (χ1v) is 11.1. The van der Waals surface area contributed by atoms with Crippen molar-refractivity contribution in [2.75, 3.05) is 6.61 Å². The Morgan fingerprint density at radius 2 is 1.91 bits per heavy atom. The van der Waals surface area contributed by atoms with Crippen LogP contribution in [0.4, 0.5) is 0 Å². The minimum absolute atomic E-state index is 0.0575. The van der Waals surface area contributed by atoms with E-state index in [2.05, 4.69) is 11.6 Å². The van der Waals surface area contributed by atoms with Crippen LogP contribution in [0.2, 0.25) is 10.0 Å². The summed E-state index contributed by atoms with van der Waals surface area (Å²) in [6.45, 7) is 4.04. The van der Waals surface area contributed by atoms with Gasteiger partial charge in [0.15, 0.2) is 0 Å². The second-order valence-electron chi connectivity index (χ2n) is 7.58. The molecule has 1 fully saturated rings. The molecule has 2 heterocycles. The number of hydrogen-bond acceptors (Lipinski definition) is 5. The second kappa shape index (κ2) is 10.1. The van der Waals surface area contributed by atoms with Gasteiger partial charge in [0.05, 0.1) is 11.6 Å². The summed E-state index contributed by atoms with van der Waals surface area (Å²) in [5.41, 5.74) is 1.50. The van der Waals surface area contributed by atoms with Crippen LogP contribution in [0.3, 0.4) is 0 Å². The fourth-order valence-corrected chi connectivity index (χ4v) is 4.31. The summed E-state index contributed by atoms with van der Waals surface area (Å²) in [6, 6.07) is 14.0. The maximum Gasteiger partial charge on any atom is 0.295 e. The molecule has 1 aromatic heterocycles. The molecule has 34 heavy (non-hydrogen) atoms. The Labute approximate surface area is 206 Å². The van der Waals surface area contributed by atoms with Crippen molar-refractivity contribution in [1.29, 1.82) is 0 Å². The van der Waals surface area contributed by atoms with Gasteiger partial charge in [-0.3, -0.25) is 14.6 Å². The van der Waals surface area contributed by atoms with Crippen LogP contribution in [0.1, 0.15) is 22.7 Å². The molecule has 0 bridgehead atoms. The van der Waals surface area contributed by atoms with E-state index in [0.717, 1.165) is 5.56 Å². The van der Waals surface area contributed by atoms with Gasteiger partial charge in [-0.2, -0.15) is 0 Å². The van der Waals surface area contributed by atoms with E-state index >= 15 is 0 Å². The minimum atomic E-state index is -0.915. The SMILES string of the molecule is C=CCOc1ccc(/C(O)=C2\C(=O)C(=O)N(Cc3cccnc3)C2c2ccc(Cl)cc2Cl)cc1. The summed E-state index contributed by atoms with van der Waals surface area (Å²) in [4.78, 5) is 31.7. The van der Waals surface area contributed by atoms with E-state index < -0.39 is 17.7 Å². The normalized spacial score (nSPS) is 17.1. The standard InChI is InChI=1S/C26H20Cl2N2O4/c1-2-12-34-19-8-5-17(6-9-19)24(31)22-23(20-10-7-18(27)13-21(20)28)30(26(33)25(22)32)15-16-4-3-11-29-14-16/h2-11,13-14,23,31H,1,12,15H2/b24-22+. The highest BCUT2D eigenvalue weighted by molar-refractivity contribution is 6.47. The molecule has 0 saturated carbocycles. The van der Waals surface area contributed by atoms with Crippen LogP contribution in [0.5, 0.6) is 5.75 Å². The molecule has 1 aliphatic rings. The van der Waals surface area contributed by atoms with Gasteiger partial charge in [0, 0.05) is 34.5 Å². The summed E-state index contributed by atoms with van der Waals surface area (Å²) in [5.74, 6) is -1.28. The predicted molar refractivity (Wildman–Crippen MR) is 131 cm³/mol. The van der Waals surface area contributed by atoms with E-state index in [9.17, 15) is 14.7 Å². The smallest absolute Gasteiger partial charge is 0.295 e. The van der Waals surface area contributed by atoms with E-state index in [1.807, 2.05) is 0 Å². The van der Waals surface area contributed by atoms with Gasteiger partial charge in [0.25, 0.3) is 11.7 Å². The molecular formula is C26H20Cl2N2O4. The Morgan fingerprint density at radius 3 is 2.56 bits per heavy atom. The van der Waals surface area contributed by atoms with Crippen LogP contribution in [-0.4, -0.2) is 33.3 Å². The molecular weight excluding hydrogens is 475 g/mol. The van der Waals surface area contributed by atoms with Gasteiger partial charge in [-0.05, 0) is 53.6 Å². The zero-order valence-corrected chi connectivity index (χ0v) is 19.5. The summed E-state index contributed by atoms with van der Waals surface area (Å²) in [7, 11) is 0. The van der Waals surface area contributed by atoms with Crippen molar-refractivity contribution in [3.05, 3.63) is 112 Å². The average molecular weight is 495 g/mol. The van der Waals surface area contributed by atoms with E-state index in [-0.39, 0.29) is 22.9 Å². The van der Waals surface area contributed by atoms with Gasteiger partial charge in [-0.1, -0.05) is 48.0 Å². The van der Waals surface area contributed by atoms with Crippen LogP contribution in [0.15, 0.2) is 85.2 Å². The highest BCUT2D eigenvalue weighted by Crippen LogP contribution is 2.43. The summed E-state index contributed by atoms with van der Waals surface area (Å²) in [5, 5.41) is 11.9. The lowest BCUT2D eigenvalue weighted by molar-refractivity contribution is -0.140. The van der Waals surface area contributed by atoms with Gasteiger partial charge in [-0.25, -0.2) is 0 Å². The highest BCUT2D eigenvalue weighted by atomic mass is 35.5. The Kier molecular flexibility index (Phi) is 7.01. The van der Waals surface area contributed by atoms with E-state index in [4.69, 9.17) is 27.9 Å². The first-order valence-electron chi connectivity index (χ1n) is 10.4. The topological polar surface area (TPSA) is 79.7 Å².